The molecule has 5 nitrogen and oxygen atoms in total. The summed E-state index contributed by atoms with van der Waals surface area (Å²) in [6, 6.07) is 11.9. The average Bonchev–Trinajstić information content (AvgIpc) is 2.97. The van der Waals surface area contributed by atoms with Gasteiger partial charge < -0.3 is 4.52 Å². The van der Waals surface area contributed by atoms with E-state index >= 15 is 0 Å². The summed E-state index contributed by atoms with van der Waals surface area (Å²) < 4.78 is 45.6. The van der Waals surface area contributed by atoms with Crippen LogP contribution in [0.4, 0.5) is 10.1 Å². The van der Waals surface area contributed by atoms with E-state index in [9.17, 15) is 12.8 Å². The molecule has 0 unspecified atom stereocenters. The fourth-order valence-corrected chi connectivity index (χ4v) is 3.37. The molecule has 0 aliphatic heterocycles. The number of nitrogens with zero attached hydrogens (tertiary/aromatic N) is 1. The molecule has 0 fully saturated rings. The average molecular weight is 346 g/mol. The van der Waals surface area contributed by atoms with Gasteiger partial charge in [-0.15, -0.1) is 0 Å². The third kappa shape index (κ3) is 3.30. The lowest BCUT2D eigenvalue weighted by Gasteiger charge is -2.11. The van der Waals surface area contributed by atoms with E-state index in [1.54, 1.807) is 32.0 Å². The summed E-state index contributed by atoms with van der Waals surface area (Å²) in [5, 5.41) is 3.80. The number of benzene rings is 2. The molecular formula is C17H15FN2O3S. The molecule has 3 rings (SSSR count). The normalized spacial score (nSPS) is 11.5. The number of nitrogens with one attached hydrogen (secondary N) is 1. The molecule has 7 heteroatoms. The summed E-state index contributed by atoms with van der Waals surface area (Å²) in [6.07, 6.45) is 0. The van der Waals surface area contributed by atoms with Crippen molar-refractivity contribution in [3.8, 4) is 11.3 Å². The van der Waals surface area contributed by atoms with Crippen molar-refractivity contribution in [1.29, 1.82) is 0 Å². The van der Waals surface area contributed by atoms with Crippen LogP contribution in [0.5, 0.6) is 0 Å². The lowest BCUT2D eigenvalue weighted by molar-refractivity contribution is 0.427. The Balaban J connectivity index is 1.87. The van der Waals surface area contributed by atoms with Gasteiger partial charge in [0.2, 0.25) is 0 Å². The Morgan fingerprint density at radius 2 is 1.75 bits per heavy atom. The van der Waals surface area contributed by atoms with Crippen LogP contribution in [0.2, 0.25) is 0 Å². The maximum Gasteiger partial charge on any atom is 0.261 e. The second-order valence-corrected chi connectivity index (χ2v) is 7.10. The predicted molar refractivity (Wildman–Crippen MR) is 88.6 cm³/mol. The van der Waals surface area contributed by atoms with E-state index in [1.807, 2.05) is 0 Å². The summed E-state index contributed by atoms with van der Waals surface area (Å²) in [4.78, 5) is 0.103. The molecule has 3 aromatic rings. The Bertz CT molecular complexity index is 979. The quantitative estimate of drug-likeness (QED) is 0.778. The number of halogens is 1. The van der Waals surface area contributed by atoms with Gasteiger partial charge in [0.25, 0.3) is 10.0 Å². The van der Waals surface area contributed by atoms with Gasteiger partial charge in [0, 0.05) is 11.6 Å². The maximum absolute atomic E-state index is 13.1. The molecule has 1 aromatic heterocycles. The molecule has 0 saturated heterocycles. The Morgan fingerprint density at radius 3 is 2.33 bits per heavy atom. The van der Waals surface area contributed by atoms with Crippen LogP contribution < -0.4 is 4.72 Å². The molecule has 124 valence electrons. The minimum atomic E-state index is -3.76. The summed E-state index contributed by atoms with van der Waals surface area (Å²) in [6.45, 7) is 3.44. The van der Waals surface area contributed by atoms with Crippen LogP contribution in [-0.2, 0) is 10.0 Å². The van der Waals surface area contributed by atoms with Crippen molar-refractivity contribution in [1.82, 2.24) is 5.16 Å². The number of hydrogen-bond donors (Lipinski definition) is 1. The zero-order valence-corrected chi connectivity index (χ0v) is 13.9. The van der Waals surface area contributed by atoms with Crippen molar-refractivity contribution in [2.45, 2.75) is 18.7 Å². The van der Waals surface area contributed by atoms with Gasteiger partial charge in [0.15, 0.2) is 5.76 Å². The summed E-state index contributed by atoms with van der Waals surface area (Å²) in [5.41, 5.74) is 2.32. The molecule has 0 saturated carbocycles. The first-order valence-electron chi connectivity index (χ1n) is 7.18. The second kappa shape index (κ2) is 6.09. The molecule has 1 heterocycles. The number of rotatable bonds is 4. The van der Waals surface area contributed by atoms with Crippen molar-refractivity contribution in [2.24, 2.45) is 0 Å². The molecule has 0 spiro atoms. The van der Waals surface area contributed by atoms with E-state index in [0.29, 0.717) is 17.0 Å². The molecule has 0 aliphatic carbocycles. The minimum Gasteiger partial charge on any atom is -0.356 e. The topological polar surface area (TPSA) is 72.2 Å². The van der Waals surface area contributed by atoms with Crippen molar-refractivity contribution in [3.63, 3.8) is 0 Å². The summed E-state index contributed by atoms with van der Waals surface area (Å²) >= 11 is 0. The number of anilines is 1. The summed E-state index contributed by atoms with van der Waals surface area (Å²) in [7, 11) is -3.76. The molecule has 0 bridgehead atoms. The maximum atomic E-state index is 13.1. The lowest BCUT2D eigenvalue weighted by Crippen LogP contribution is -2.13. The summed E-state index contributed by atoms with van der Waals surface area (Å²) in [5.74, 6) is 0.154. The van der Waals surface area contributed by atoms with E-state index in [4.69, 9.17) is 4.52 Å². The number of aromatic nitrogens is 1. The minimum absolute atomic E-state index is 0.103. The van der Waals surface area contributed by atoms with Crippen molar-refractivity contribution < 1.29 is 17.3 Å². The number of sulfonamides is 1. The van der Waals surface area contributed by atoms with Gasteiger partial charge in [0.05, 0.1) is 16.3 Å². The molecular weight excluding hydrogens is 331 g/mol. The van der Waals surface area contributed by atoms with Crippen LogP contribution in [0.3, 0.4) is 0 Å². The van der Waals surface area contributed by atoms with E-state index < -0.39 is 15.8 Å². The SMILES string of the molecule is Cc1cc(-c2ccc(S(=O)(=O)Nc3ccc(F)cc3C)cc2)on1. The van der Waals surface area contributed by atoms with Crippen LogP contribution in [0.15, 0.2) is 57.9 Å². The first-order chi connectivity index (χ1) is 11.3. The van der Waals surface area contributed by atoms with Crippen molar-refractivity contribution in [2.75, 3.05) is 4.72 Å². The van der Waals surface area contributed by atoms with Crippen LogP contribution in [0.25, 0.3) is 11.3 Å². The first-order valence-corrected chi connectivity index (χ1v) is 8.66. The zero-order chi connectivity index (χ0) is 17.3. The van der Waals surface area contributed by atoms with E-state index in [-0.39, 0.29) is 4.90 Å². The second-order valence-electron chi connectivity index (χ2n) is 5.42. The smallest absolute Gasteiger partial charge is 0.261 e. The Morgan fingerprint density at radius 1 is 1.04 bits per heavy atom. The zero-order valence-electron chi connectivity index (χ0n) is 13.1. The van der Waals surface area contributed by atoms with Gasteiger partial charge in [-0.3, -0.25) is 4.72 Å². The highest BCUT2D eigenvalue weighted by molar-refractivity contribution is 7.92. The van der Waals surface area contributed by atoms with E-state index in [1.165, 1.54) is 30.3 Å². The van der Waals surface area contributed by atoms with E-state index in [0.717, 1.165) is 11.3 Å². The van der Waals surface area contributed by atoms with Gasteiger partial charge in [0.1, 0.15) is 5.82 Å². The molecule has 2 aromatic carbocycles. The molecule has 0 amide bonds. The Labute approximate surface area is 139 Å². The van der Waals surface area contributed by atoms with Crippen LogP contribution in [0, 0.1) is 19.7 Å². The van der Waals surface area contributed by atoms with Crippen LogP contribution >= 0.6 is 0 Å². The monoisotopic (exact) mass is 346 g/mol. The van der Waals surface area contributed by atoms with Gasteiger partial charge in [-0.25, -0.2) is 12.8 Å². The molecule has 24 heavy (non-hydrogen) atoms. The van der Waals surface area contributed by atoms with Gasteiger partial charge in [-0.1, -0.05) is 5.16 Å². The molecule has 0 atom stereocenters. The fourth-order valence-electron chi connectivity index (χ4n) is 2.24. The highest BCUT2D eigenvalue weighted by Gasteiger charge is 2.16. The highest BCUT2D eigenvalue weighted by atomic mass is 32.2. The third-order valence-electron chi connectivity index (χ3n) is 3.51. The molecule has 1 N–H and O–H groups in total. The van der Waals surface area contributed by atoms with Crippen LogP contribution in [0.1, 0.15) is 11.3 Å². The predicted octanol–water partition coefficient (Wildman–Crippen LogP) is 3.90. The first kappa shape index (κ1) is 16.2. The number of aryl methyl sites for hydroxylation is 2. The van der Waals surface area contributed by atoms with Gasteiger partial charge in [-0.2, -0.15) is 0 Å². The number of hydrogen-bond acceptors (Lipinski definition) is 4. The van der Waals surface area contributed by atoms with Crippen molar-refractivity contribution >= 4 is 15.7 Å². The van der Waals surface area contributed by atoms with Crippen LogP contribution in [-0.4, -0.2) is 13.6 Å². The largest absolute Gasteiger partial charge is 0.356 e. The molecule has 0 radical (unpaired) electrons. The van der Waals surface area contributed by atoms with E-state index in [2.05, 4.69) is 9.88 Å². The lowest BCUT2D eigenvalue weighted by atomic mass is 10.2. The van der Waals surface area contributed by atoms with Gasteiger partial charge >= 0.3 is 0 Å². The Hall–Kier alpha value is -2.67. The van der Waals surface area contributed by atoms with Crippen molar-refractivity contribution in [3.05, 3.63) is 65.6 Å². The molecule has 0 aliphatic rings. The standard InChI is InChI=1S/C17H15FN2O3S/c1-11-9-14(18)5-8-16(11)20-24(21,22)15-6-3-13(4-7-15)17-10-12(2)19-23-17/h3-10,20H,1-2H3. The highest BCUT2D eigenvalue weighted by Crippen LogP contribution is 2.24. The fraction of sp³-hybridized carbons (Fsp3) is 0.118. The Kier molecular flexibility index (Phi) is 4.11. The third-order valence-corrected chi connectivity index (χ3v) is 4.89. The van der Waals surface area contributed by atoms with Gasteiger partial charge in [-0.05, 0) is 61.9 Å².